The van der Waals surface area contributed by atoms with E-state index in [0.717, 1.165) is 17.5 Å². The molecule has 104 valence electrons. The van der Waals surface area contributed by atoms with E-state index in [1.165, 1.54) is 12.1 Å². The molecule has 2 aromatic rings. The van der Waals surface area contributed by atoms with Gasteiger partial charge in [0.15, 0.2) is 0 Å². The Morgan fingerprint density at radius 2 is 2.05 bits per heavy atom. The third-order valence-corrected chi connectivity index (χ3v) is 3.83. The highest BCUT2D eigenvalue weighted by Gasteiger charge is 2.30. The third-order valence-electron chi connectivity index (χ3n) is 3.60. The van der Waals surface area contributed by atoms with Crippen molar-refractivity contribution in [1.29, 1.82) is 0 Å². The lowest BCUT2D eigenvalue weighted by Crippen LogP contribution is -2.22. The largest absolute Gasteiger partial charge is 0.385 e. The van der Waals surface area contributed by atoms with E-state index < -0.39 is 18.0 Å². The molecule has 20 heavy (non-hydrogen) atoms. The summed E-state index contributed by atoms with van der Waals surface area (Å²) in [7, 11) is 0. The lowest BCUT2D eigenvalue weighted by molar-refractivity contribution is -0.0495. The van der Waals surface area contributed by atoms with Crippen LogP contribution in [0.15, 0.2) is 42.5 Å². The van der Waals surface area contributed by atoms with Crippen LogP contribution in [-0.2, 0) is 11.2 Å². The second kappa shape index (κ2) is 5.52. The van der Waals surface area contributed by atoms with Crippen LogP contribution in [0.1, 0.15) is 28.9 Å². The Bertz CT molecular complexity index is 630. The topological polar surface area (TPSA) is 29.5 Å². The van der Waals surface area contributed by atoms with Gasteiger partial charge in [-0.25, -0.2) is 4.39 Å². The van der Waals surface area contributed by atoms with Crippen molar-refractivity contribution in [3.63, 3.8) is 0 Å². The quantitative estimate of drug-likeness (QED) is 0.911. The van der Waals surface area contributed by atoms with Crippen molar-refractivity contribution in [2.75, 3.05) is 6.61 Å². The molecule has 1 aliphatic rings. The average molecular weight is 293 g/mol. The molecule has 0 bridgehead atoms. The van der Waals surface area contributed by atoms with Gasteiger partial charge in [0.25, 0.3) is 0 Å². The number of halogens is 2. The molecule has 0 aromatic heterocycles. The summed E-state index contributed by atoms with van der Waals surface area (Å²) in [4.78, 5) is 0. The maximum absolute atomic E-state index is 13.9. The number of benzene rings is 2. The van der Waals surface area contributed by atoms with Crippen LogP contribution in [0.2, 0.25) is 5.02 Å². The van der Waals surface area contributed by atoms with Crippen molar-refractivity contribution in [3.8, 4) is 0 Å². The van der Waals surface area contributed by atoms with Crippen molar-refractivity contribution in [1.82, 2.24) is 0 Å². The normalized spacial score (nSPS) is 19.4. The smallest absolute Gasteiger partial charge is 0.130 e. The van der Waals surface area contributed by atoms with E-state index in [0.29, 0.717) is 11.6 Å². The zero-order valence-electron chi connectivity index (χ0n) is 10.7. The number of hydrogen-bond acceptors (Lipinski definition) is 2. The molecular weight excluding hydrogens is 279 g/mol. The molecule has 0 saturated carbocycles. The summed E-state index contributed by atoms with van der Waals surface area (Å²) in [5.74, 6) is -0.517. The van der Waals surface area contributed by atoms with E-state index in [2.05, 4.69) is 0 Å². The molecule has 1 heterocycles. The Balaban J connectivity index is 1.97. The lowest BCUT2D eigenvalue weighted by atomic mass is 9.91. The first kappa shape index (κ1) is 13.6. The van der Waals surface area contributed by atoms with E-state index in [9.17, 15) is 9.50 Å². The van der Waals surface area contributed by atoms with Crippen LogP contribution < -0.4 is 0 Å². The fourth-order valence-corrected chi connectivity index (χ4v) is 2.75. The molecule has 3 rings (SSSR count). The minimum absolute atomic E-state index is 0.205. The molecule has 0 spiro atoms. The zero-order chi connectivity index (χ0) is 14.1. The lowest BCUT2D eigenvalue weighted by Gasteiger charge is -2.30. The van der Waals surface area contributed by atoms with Gasteiger partial charge in [-0.1, -0.05) is 41.9 Å². The summed E-state index contributed by atoms with van der Waals surface area (Å²) >= 11 is 5.74. The van der Waals surface area contributed by atoms with Crippen molar-refractivity contribution < 1.29 is 14.2 Å². The van der Waals surface area contributed by atoms with Crippen LogP contribution in [0.5, 0.6) is 0 Å². The van der Waals surface area contributed by atoms with Crippen LogP contribution in [-0.4, -0.2) is 11.7 Å². The Labute approximate surface area is 121 Å². The SMILES string of the molecule is OC(c1ccc(Cl)cc1F)C1OCCc2ccccc21. The highest BCUT2D eigenvalue weighted by Crippen LogP contribution is 2.38. The van der Waals surface area contributed by atoms with Crippen LogP contribution in [0.25, 0.3) is 0 Å². The fraction of sp³-hybridized carbons (Fsp3) is 0.250. The molecule has 0 amide bonds. The van der Waals surface area contributed by atoms with Gasteiger partial charge >= 0.3 is 0 Å². The molecule has 2 unspecified atom stereocenters. The van der Waals surface area contributed by atoms with Crippen molar-refractivity contribution in [2.24, 2.45) is 0 Å². The van der Waals surface area contributed by atoms with Gasteiger partial charge in [-0.2, -0.15) is 0 Å². The Morgan fingerprint density at radius 3 is 2.85 bits per heavy atom. The van der Waals surface area contributed by atoms with Crippen molar-refractivity contribution in [3.05, 3.63) is 70.0 Å². The van der Waals surface area contributed by atoms with E-state index in [1.54, 1.807) is 6.07 Å². The molecule has 4 heteroatoms. The van der Waals surface area contributed by atoms with Gasteiger partial charge in [0.05, 0.1) is 6.61 Å². The van der Waals surface area contributed by atoms with Crippen LogP contribution >= 0.6 is 11.6 Å². The van der Waals surface area contributed by atoms with E-state index in [1.807, 2.05) is 24.3 Å². The number of fused-ring (bicyclic) bond motifs is 1. The Kier molecular flexibility index (Phi) is 3.74. The molecule has 1 N–H and O–H groups in total. The Hall–Kier alpha value is -1.42. The monoisotopic (exact) mass is 292 g/mol. The first-order chi connectivity index (χ1) is 9.66. The van der Waals surface area contributed by atoms with Gasteiger partial charge < -0.3 is 9.84 Å². The molecule has 0 aliphatic carbocycles. The molecule has 1 aliphatic heterocycles. The molecule has 2 aromatic carbocycles. The number of hydrogen-bond donors (Lipinski definition) is 1. The van der Waals surface area contributed by atoms with E-state index in [-0.39, 0.29) is 5.56 Å². The number of aliphatic hydroxyl groups is 1. The van der Waals surface area contributed by atoms with Gasteiger partial charge in [0, 0.05) is 10.6 Å². The van der Waals surface area contributed by atoms with Crippen molar-refractivity contribution in [2.45, 2.75) is 18.6 Å². The number of rotatable bonds is 2. The minimum atomic E-state index is -1.05. The first-order valence-corrected chi connectivity index (χ1v) is 6.87. The molecule has 2 atom stereocenters. The number of aliphatic hydroxyl groups excluding tert-OH is 1. The third kappa shape index (κ3) is 2.44. The van der Waals surface area contributed by atoms with Crippen LogP contribution in [0.4, 0.5) is 4.39 Å². The molecular formula is C16H14ClFO2. The first-order valence-electron chi connectivity index (χ1n) is 6.49. The van der Waals surface area contributed by atoms with Gasteiger partial charge in [0.1, 0.15) is 18.0 Å². The molecule has 0 radical (unpaired) electrons. The van der Waals surface area contributed by atoms with Crippen LogP contribution in [0.3, 0.4) is 0 Å². The summed E-state index contributed by atoms with van der Waals surface area (Å²) in [5.41, 5.74) is 2.26. The maximum atomic E-state index is 13.9. The molecule has 2 nitrogen and oxygen atoms in total. The predicted molar refractivity (Wildman–Crippen MR) is 75.2 cm³/mol. The summed E-state index contributed by atoms with van der Waals surface area (Å²) in [5, 5.41) is 10.8. The minimum Gasteiger partial charge on any atom is -0.385 e. The highest BCUT2D eigenvalue weighted by atomic mass is 35.5. The highest BCUT2D eigenvalue weighted by molar-refractivity contribution is 6.30. The summed E-state index contributed by atoms with van der Waals surface area (Å²) in [6.07, 6.45) is -0.785. The van der Waals surface area contributed by atoms with Crippen LogP contribution in [0, 0.1) is 5.82 Å². The fourth-order valence-electron chi connectivity index (χ4n) is 2.59. The second-order valence-electron chi connectivity index (χ2n) is 4.85. The maximum Gasteiger partial charge on any atom is 0.130 e. The standard InChI is InChI=1S/C16H14ClFO2/c17-11-5-6-13(14(18)9-11)15(19)16-12-4-2-1-3-10(12)7-8-20-16/h1-6,9,15-16,19H,7-8H2. The predicted octanol–water partition coefficient (Wildman–Crippen LogP) is 3.83. The van der Waals surface area contributed by atoms with Gasteiger partial charge in [-0.15, -0.1) is 0 Å². The summed E-state index contributed by atoms with van der Waals surface area (Å²) in [6.45, 7) is 0.522. The second-order valence-corrected chi connectivity index (χ2v) is 5.29. The molecule has 0 saturated heterocycles. The zero-order valence-corrected chi connectivity index (χ0v) is 11.5. The summed E-state index contributed by atoms with van der Waals surface area (Å²) < 4.78 is 19.6. The van der Waals surface area contributed by atoms with Gasteiger partial charge in [-0.3, -0.25) is 0 Å². The summed E-state index contributed by atoms with van der Waals surface area (Å²) in [6, 6.07) is 12.0. The average Bonchev–Trinajstić information content (AvgIpc) is 2.46. The number of ether oxygens (including phenoxy) is 1. The Morgan fingerprint density at radius 1 is 1.25 bits per heavy atom. The van der Waals surface area contributed by atoms with E-state index in [4.69, 9.17) is 16.3 Å². The van der Waals surface area contributed by atoms with Gasteiger partial charge in [0.2, 0.25) is 0 Å². The van der Waals surface area contributed by atoms with Gasteiger partial charge in [-0.05, 0) is 29.7 Å². The van der Waals surface area contributed by atoms with Crippen molar-refractivity contribution >= 4 is 11.6 Å². The molecule has 0 fully saturated rings. The van der Waals surface area contributed by atoms with E-state index >= 15 is 0 Å².